The number of rotatable bonds is 5. The Hall–Kier alpha value is -3.32. The summed E-state index contributed by atoms with van der Waals surface area (Å²) >= 11 is 0. The summed E-state index contributed by atoms with van der Waals surface area (Å²) in [5, 5.41) is 0. The summed E-state index contributed by atoms with van der Waals surface area (Å²) < 4.78 is 0. The van der Waals surface area contributed by atoms with Crippen LogP contribution in [0.2, 0.25) is 0 Å². The lowest BCUT2D eigenvalue weighted by Gasteiger charge is -2.28. The lowest BCUT2D eigenvalue weighted by atomic mass is 10.00. The number of likely N-dealkylation sites (tertiary alicyclic amines) is 1. The Bertz CT molecular complexity index is 1180. The zero-order chi connectivity index (χ0) is 22.8. The third-order valence-electron chi connectivity index (χ3n) is 6.86. The van der Waals surface area contributed by atoms with E-state index in [4.69, 9.17) is 4.98 Å². The molecule has 2 aliphatic heterocycles. The van der Waals surface area contributed by atoms with Crippen molar-refractivity contribution in [2.24, 2.45) is 0 Å². The van der Waals surface area contributed by atoms with Crippen LogP contribution in [-0.2, 0) is 24.3 Å². The molecule has 0 bridgehead atoms. The quantitative estimate of drug-likeness (QED) is 0.656. The van der Waals surface area contributed by atoms with E-state index in [9.17, 15) is 9.59 Å². The van der Waals surface area contributed by atoms with Gasteiger partial charge in [0.05, 0.1) is 11.6 Å². The van der Waals surface area contributed by atoms with Crippen LogP contribution in [0, 0.1) is 0 Å². The average Bonchev–Trinajstić information content (AvgIpc) is 3.34. The predicted molar refractivity (Wildman–Crippen MR) is 126 cm³/mol. The minimum Gasteiger partial charge on any atom is -0.341 e. The highest BCUT2D eigenvalue weighted by atomic mass is 16.2. The van der Waals surface area contributed by atoms with E-state index in [2.05, 4.69) is 20.9 Å². The smallest absolute Gasteiger partial charge is 0.254 e. The van der Waals surface area contributed by atoms with Crippen molar-refractivity contribution in [2.45, 2.75) is 44.7 Å². The number of benzene rings is 1. The molecule has 2 aromatic heterocycles. The number of amides is 1. The van der Waals surface area contributed by atoms with Gasteiger partial charge < -0.3 is 9.88 Å². The van der Waals surface area contributed by atoms with Crippen molar-refractivity contribution >= 4 is 5.91 Å². The lowest BCUT2D eigenvalue weighted by molar-refractivity contribution is -0.131. The Morgan fingerprint density at radius 3 is 2.82 bits per heavy atom. The van der Waals surface area contributed by atoms with E-state index in [1.54, 1.807) is 6.20 Å². The van der Waals surface area contributed by atoms with Gasteiger partial charge >= 0.3 is 0 Å². The number of hydrogen-bond acceptors (Lipinski definition) is 5. The molecule has 1 amide bonds. The predicted octanol–water partition coefficient (Wildman–Crippen LogP) is 2.84. The molecule has 1 saturated heterocycles. The number of carbonyl (C=O) groups is 1. The highest BCUT2D eigenvalue weighted by molar-refractivity contribution is 5.83. The Morgan fingerprint density at radius 2 is 2.03 bits per heavy atom. The number of pyridine rings is 1. The van der Waals surface area contributed by atoms with Crippen molar-refractivity contribution in [3.8, 4) is 0 Å². The Morgan fingerprint density at radius 1 is 1.18 bits per heavy atom. The zero-order valence-electron chi connectivity index (χ0n) is 18.9. The van der Waals surface area contributed by atoms with Crippen molar-refractivity contribution in [2.75, 3.05) is 19.6 Å². The van der Waals surface area contributed by atoms with Gasteiger partial charge in [0.2, 0.25) is 5.91 Å². The van der Waals surface area contributed by atoms with Gasteiger partial charge in [0, 0.05) is 56.6 Å². The highest BCUT2D eigenvalue weighted by Crippen LogP contribution is 2.28. The number of nitrogens with zero attached hydrogens (tertiary/aromatic N) is 4. The molecule has 0 saturated carbocycles. The normalized spacial score (nSPS) is 19.3. The molecular weight excluding hydrogens is 414 g/mol. The summed E-state index contributed by atoms with van der Waals surface area (Å²) in [5.41, 5.74) is 3.82. The summed E-state index contributed by atoms with van der Waals surface area (Å²) in [6, 6.07) is 13.9. The van der Waals surface area contributed by atoms with Gasteiger partial charge in [-0.1, -0.05) is 36.4 Å². The van der Waals surface area contributed by atoms with Crippen LogP contribution >= 0.6 is 0 Å². The van der Waals surface area contributed by atoms with E-state index in [1.165, 1.54) is 0 Å². The summed E-state index contributed by atoms with van der Waals surface area (Å²) in [6.07, 6.45) is 5.17. The maximum absolute atomic E-state index is 13.1. The van der Waals surface area contributed by atoms with Crippen LogP contribution in [0.1, 0.15) is 53.4 Å². The van der Waals surface area contributed by atoms with Gasteiger partial charge in [-0.05, 0) is 37.0 Å². The molecule has 2 atom stereocenters. The Kier molecular flexibility index (Phi) is 6.05. The highest BCUT2D eigenvalue weighted by Gasteiger charge is 2.32. The van der Waals surface area contributed by atoms with E-state index in [0.717, 1.165) is 41.9 Å². The second-order valence-electron chi connectivity index (χ2n) is 9.10. The molecule has 1 N–H and O–H groups in total. The van der Waals surface area contributed by atoms with Crippen molar-refractivity contribution < 1.29 is 4.79 Å². The van der Waals surface area contributed by atoms with E-state index in [1.807, 2.05) is 54.4 Å². The Balaban J connectivity index is 1.29. The van der Waals surface area contributed by atoms with Crippen LogP contribution in [0.5, 0.6) is 0 Å². The van der Waals surface area contributed by atoms with E-state index in [0.29, 0.717) is 31.9 Å². The third-order valence-corrected chi connectivity index (χ3v) is 6.86. The van der Waals surface area contributed by atoms with E-state index in [-0.39, 0.29) is 23.3 Å². The number of aromatic nitrogens is 3. The minimum absolute atomic E-state index is 0.0292. The number of nitrogens with one attached hydrogen (secondary N) is 1. The second kappa shape index (κ2) is 9.27. The molecule has 7 nitrogen and oxygen atoms in total. The Labute approximate surface area is 193 Å². The van der Waals surface area contributed by atoms with Crippen LogP contribution < -0.4 is 5.56 Å². The van der Waals surface area contributed by atoms with Gasteiger partial charge in [-0.25, -0.2) is 4.98 Å². The zero-order valence-corrected chi connectivity index (χ0v) is 18.9. The van der Waals surface area contributed by atoms with Crippen LogP contribution in [0.4, 0.5) is 0 Å². The van der Waals surface area contributed by atoms with Crippen LogP contribution in [-0.4, -0.2) is 50.3 Å². The molecule has 1 aromatic carbocycles. The lowest BCUT2D eigenvalue weighted by Crippen LogP contribution is -2.36. The number of carbonyl (C=O) groups excluding carboxylic acids is 1. The van der Waals surface area contributed by atoms with E-state index < -0.39 is 0 Å². The largest absolute Gasteiger partial charge is 0.341 e. The van der Waals surface area contributed by atoms with E-state index >= 15 is 0 Å². The monoisotopic (exact) mass is 443 g/mol. The first-order chi connectivity index (χ1) is 16.1. The fourth-order valence-corrected chi connectivity index (χ4v) is 4.93. The van der Waals surface area contributed by atoms with Gasteiger partial charge in [0.15, 0.2) is 0 Å². The van der Waals surface area contributed by atoms with Gasteiger partial charge in [0.1, 0.15) is 5.82 Å². The molecule has 1 fully saturated rings. The number of aromatic amines is 1. The van der Waals surface area contributed by atoms with Crippen molar-refractivity contribution in [3.63, 3.8) is 0 Å². The molecule has 0 aliphatic carbocycles. The van der Waals surface area contributed by atoms with Gasteiger partial charge in [0.25, 0.3) is 5.56 Å². The minimum atomic E-state index is -0.179. The molecular formula is C26H29N5O2. The van der Waals surface area contributed by atoms with Gasteiger partial charge in [-0.3, -0.25) is 19.5 Å². The first kappa shape index (κ1) is 21.5. The molecule has 7 heteroatoms. The molecule has 5 rings (SSSR count). The molecule has 2 aliphatic rings. The summed E-state index contributed by atoms with van der Waals surface area (Å²) in [4.78, 5) is 42.2. The van der Waals surface area contributed by atoms with Crippen LogP contribution in [0.25, 0.3) is 0 Å². The van der Waals surface area contributed by atoms with Crippen molar-refractivity contribution in [1.29, 1.82) is 0 Å². The maximum atomic E-state index is 13.1. The first-order valence-corrected chi connectivity index (χ1v) is 11.7. The fraction of sp³-hybridized carbons (Fsp3) is 0.385. The number of hydrogen-bond donors (Lipinski definition) is 1. The molecule has 0 unspecified atom stereocenters. The summed E-state index contributed by atoms with van der Waals surface area (Å²) in [5.74, 6) is 0.724. The van der Waals surface area contributed by atoms with Crippen molar-refractivity contribution in [3.05, 3.63) is 93.4 Å². The summed E-state index contributed by atoms with van der Waals surface area (Å²) in [7, 11) is 0. The standard InChI is InChI=1S/C26H29N5O2/c1-18(20-7-3-2-4-8-20)26(33)31-13-9-21(16-31)24-28-23-17-30(12-10-22(23)25(32)29-24)15-19-6-5-11-27-14-19/h2-8,11,14,18,21H,9-10,12-13,15-17H2,1H3,(H,28,29,32)/t18-,21-/m0/s1. The molecule has 4 heterocycles. The second-order valence-corrected chi connectivity index (χ2v) is 9.10. The molecule has 170 valence electrons. The maximum Gasteiger partial charge on any atom is 0.254 e. The van der Waals surface area contributed by atoms with Crippen LogP contribution in [0.3, 0.4) is 0 Å². The molecule has 33 heavy (non-hydrogen) atoms. The number of fused-ring (bicyclic) bond motifs is 1. The SMILES string of the molecule is C[C@H](C(=O)N1CC[C@H](c2nc3c(c(=O)[nH]2)CCN(Cc2cccnc2)C3)C1)c1ccccc1. The fourth-order valence-electron chi connectivity index (χ4n) is 4.93. The average molecular weight is 444 g/mol. The van der Waals surface area contributed by atoms with Crippen LogP contribution in [0.15, 0.2) is 59.7 Å². The summed E-state index contributed by atoms with van der Waals surface area (Å²) in [6.45, 7) is 5.52. The topological polar surface area (TPSA) is 82.2 Å². The third kappa shape index (κ3) is 4.59. The molecule has 3 aromatic rings. The van der Waals surface area contributed by atoms with Crippen molar-refractivity contribution in [1.82, 2.24) is 24.8 Å². The molecule has 0 radical (unpaired) electrons. The van der Waals surface area contributed by atoms with Gasteiger partial charge in [-0.15, -0.1) is 0 Å². The molecule has 0 spiro atoms. The number of H-pyrrole nitrogens is 1. The van der Waals surface area contributed by atoms with Gasteiger partial charge in [-0.2, -0.15) is 0 Å². The first-order valence-electron chi connectivity index (χ1n) is 11.7.